The van der Waals surface area contributed by atoms with Crippen molar-refractivity contribution in [2.24, 2.45) is 0 Å². The Labute approximate surface area is 125 Å². The Morgan fingerprint density at radius 3 is 2.71 bits per heavy atom. The van der Waals surface area contributed by atoms with E-state index in [1.807, 2.05) is 13.0 Å². The van der Waals surface area contributed by atoms with Gasteiger partial charge in [-0.1, -0.05) is 31.9 Å². The summed E-state index contributed by atoms with van der Waals surface area (Å²) >= 11 is 0. The quantitative estimate of drug-likeness (QED) is 0.459. The van der Waals surface area contributed by atoms with Gasteiger partial charge in [0.05, 0.1) is 5.56 Å². The minimum absolute atomic E-state index is 0.286. The van der Waals surface area contributed by atoms with Crippen LogP contribution < -0.4 is 11.1 Å². The monoisotopic (exact) mass is 292 g/mol. The van der Waals surface area contributed by atoms with Crippen molar-refractivity contribution in [3.05, 3.63) is 29.3 Å². The number of ether oxygens (including phenoxy) is 1. The largest absolute Gasteiger partial charge is 0.449 e. The highest BCUT2D eigenvalue weighted by molar-refractivity contribution is 5.97. The minimum Gasteiger partial charge on any atom is -0.449 e. The van der Waals surface area contributed by atoms with E-state index in [1.54, 1.807) is 19.1 Å². The van der Waals surface area contributed by atoms with Crippen LogP contribution in [0.1, 0.15) is 49.0 Å². The smallest absolute Gasteiger partial charge is 0.341 e. The summed E-state index contributed by atoms with van der Waals surface area (Å²) in [6.45, 7) is 6.06. The van der Waals surface area contributed by atoms with E-state index in [0.29, 0.717) is 17.8 Å². The van der Waals surface area contributed by atoms with E-state index >= 15 is 0 Å². The molecule has 1 unspecified atom stereocenters. The first-order valence-corrected chi connectivity index (χ1v) is 7.31. The molecule has 5 heteroatoms. The van der Waals surface area contributed by atoms with E-state index in [-0.39, 0.29) is 5.91 Å². The van der Waals surface area contributed by atoms with Crippen molar-refractivity contribution < 1.29 is 14.3 Å². The molecule has 0 bridgehead atoms. The maximum atomic E-state index is 12.0. The Hall–Kier alpha value is -2.04. The second kappa shape index (κ2) is 8.29. The first-order chi connectivity index (χ1) is 9.97. The fourth-order valence-corrected chi connectivity index (χ4v) is 1.87. The number of anilines is 1. The van der Waals surface area contributed by atoms with Gasteiger partial charge in [0.1, 0.15) is 0 Å². The molecular weight excluding hydrogens is 268 g/mol. The van der Waals surface area contributed by atoms with Crippen molar-refractivity contribution in [2.45, 2.75) is 46.1 Å². The number of carbonyl (C=O) groups excluding carboxylic acids is 2. The molecule has 0 aliphatic rings. The SMILES string of the molecule is CCCCCNC(=O)C(C)OC(=O)c1cccc(C)c1N. The average Bonchev–Trinajstić information content (AvgIpc) is 2.46. The fraction of sp³-hybridized carbons (Fsp3) is 0.500. The van der Waals surface area contributed by atoms with Crippen LogP contribution >= 0.6 is 0 Å². The summed E-state index contributed by atoms with van der Waals surface area (Å²) in [6, 6.07) is 5.14. The Morgan fingerprint density at radius 2 is 2.05 bits per heavy atom. The number of benzene rings is 1. The molecular formula is C16H24N2O3. The maximum Gasteiger partial charge on any atom is 0.341 e. The van der Waals surface area contributed by atoms with Gasteiger partial charge >= 0.3 is 5.97 Å². The van der Waals surface area contributed by atoms with Crippen LogP contribution in [0, 0.1) is 6.92 Å². The first-order valence-electron chi connectivity index (χ1n) is 7.31. The summed E-state index contributed by atoms with van der Waals surface area (Å²) in [7, 11) is 0. The van der Waals surface area contributed by atoms with Crippen LogP contribution in [0.5, 0.6) is 0 Å². The summed E-state index contributed by atoms with van der Waals surface area (Å²) in [4.78, 5) is 23.8. The predicted molar refractivity (Wildman–Crippen MR) is 83.0 cm³/mol. The number of amides is 1. The number of carbonyl (C=O) groups is 2. The number of hydrogen-bond donors (Lipinski definition) is 2. The lowest BCUT2D eigenvalue weighted by molar-refractivity contribution is -0.129. The summed E-state index contributed by atoms with van der Waals surface area (Å²) in [5, 5.41) is 2.75. The zero-order valence-corrected chi connectivity index (χ0v) is 12.9. The fourth-order valence-electron chi connectivity index (χ4n) is 1.87. The van der Waals surface area contributed by atoms with Gasteiger partial charge in [-0.25, -0.2) is 4.79 Å². The van der Waals surface area contributed by atoms with Crippen molar-refractivity contribution in [1.82, 2.24) is 5.32 Å². The highest BCUT2D eigenvalue weighted by atomic mass is 16.5. The number of rotatable bonds is 7. The number of unbranched alkanes of at least 4 members (excludes halogenated alkanes) is 2. The van der Waals surface area contributed by atoms with Crippen molar-refractivity contribution in [2.75, 3.05) is 12.3 Å². The molecule has 0 fully saturated rings. The number of aryl methyl sites for hydroxylation is 1. The zero-order valence-electron chi connectivity index (χ0n) is 12.9. The standard InChI is InChI=1S/C16H24N2O3/c1-4-5-6-10-18-15(19)12(3)21-16(20)13-9-7-8-11(2)14(13)17/h7-9,12H,4-6,10,17H2,1-3H3,(H,18,19). The van der Waals surface area contributed by atoms with E-state index in [1.165, 1.54) is 0 Å². The van der Waals surface area contributed by atoms with Crippen LogP contribution in [-0.2, 0) is 9.53 Å². The summed E-state index contributed by atoms with van der Waals surface area (Å²) in [5.74, 6) is -0.863. The number of nitrogens with two attached hydrogens (primary N) is 1. The molecule has 3 N–H and O–H groups in total. The van der Waals surface area contributed by atoms with Gasteiger partial charge in [-0.15, -0.1) is 0 Å². The third kappa shape index (κ3) is 5.10. The predicted octanol–water partition coefficient (Wildman–Crippen LogP) is 2.43. The van der Waals surface area contributed by atoms with E-state index in [0.717, 1.165) is 24.8 Å². The molecule has 116 valence electrons. The van der Waals surface area contributed by atoms with E-state index in [2.05, 4.69) is 12.2 Å². The molecule has 21 heavy (non-hydrogen) atoms. The van der Waals surface area contributed by atoms with E-state index in [9.17, 15) is 9.59 Å². The molecule has 0 aromatic heterocycles. The van der Waals surface area contributed by atoms with Crippen molar-refractivity contribution >= 4 is 17.6 Å². The zero-order chi connectivity index (χ0) is 15.8. The molecule has 1 rings (SSSR count). The van der Waals surface area contributed by atoms with Crippen molar-refractivity contribution in [3.63, 3.8) is 0 Å². The van der Waals surface area contributed by atoms with Gasteiger partial charge < -0.3 is 15.8 Å². The topological polar surface area (TPSA) is 81.4 Å². The molecule has 1 aromatic rings. The highest BCUT2D eigenvalue weighted by Crippen LogP contribution is 2.17. The molecule has 0 saturated heterocycles. The van der Waals surface area contributed by atoms with Gasteiger partial charge in [0, 0.05) is 12.2 Å². The van der Waals surface area contributed by atoms with Gasteiger partial charge in [0.15, 0.2) is 6.10 Å². The lowest BCUT2D eigenvalue weighted by Crippen LogP contribution is -2.36. The number of nitrogens with one attached hydrogen (secondary N) is 1. The number of hydrogen-bond acceptors (Lipinski definition) is 4. The van der Waals surface area contributed by atoms with Gasteiger partial charge in [-0.2, -0.15) is 0 Å². The van der Waals surface area contributed by atoms with Gasteiger partial charge in [-0.05, 0) is 31.9 Å². The summed E-state index contributed by atoms with van der Waals surface area (Å²) < 4.78 is 5.16. The number of para-hydroxylation sites is 1. The Kier molecular flexibility index (Phi) is 6.72. The Bertz CT molecular complexity index is 500. The third-order valence-corrected chi connectivity index (χ3v) is 3.28. The van der Waals surface area contributed by atoms with Crippen LogP contribution in [0.15, 0.2) is 18.2 Å². The molecule has 5 nitrogen and oxygen atoms in total. The maximum absolute atomic E-state index is 12.0. The van der Waals surface area contributed by atoms with E-state index in [4.69, 9.17) is 10.5 Å². The second-order valence-electron chi connectivity index (χ2n) is 5.08. The molecule has 1 aromatic carbocycles. The van der Waals surface area contributed by atoms with Crippen LogP contribution in [0.25, 0.3) is 0 Å². The van der Waals surface area contributed by atoms with Crippen molar-refractivity contribution in [3.8, 4) is 0 Å². The Morgan fingerprint density at radius 1 is 1.33 bits per heavy atom. The van der Waals surface area contributed by atoms with Crippen LogP contribution in [0.4, 0.5) is 5.69 Å². The molecule has 0 radical (unpaired) electrons. The first kappa shape index (κ1) is 17.0. The molecule has 0 spiro atoms. The van der Waals surface area contributed by atoms with Crippen LogP contribution in [-0.4, -0.2) is 24.5 Å². The molecule has 1 atom stereocenters. The average molecular weight is 292 g/mol. The van der Waals surface area contributed by atoms with Gasteiger partial charge in [0.25, 0.3) is 5.91 Å². The molecule has 0 aliphatic heterocycles. The van der Waals surface area contributed by atoms with Crippen LogP contribution in [0.3, 0.4) is 0 Å². The lowest BCUT2D eigenvalue weighted by Gasteiger charge is -2.14. The normalized spacial score (nSPS) is 11.8. The van der Waals surface area contributed by atoms with Crippen LogP contribution in [0.2, 0.25) is 0 Å². The molecule has 0 heterocycles. The van der Waals surface area contributed by atoms with Gasteiger partial charge in [0.2, 0.25) is 0 Å². The Balaban J connectivity index is 2.53. The minimum atomic E-state index is -0.834. The number of nitrogen functional groups attached to an aromatic ring is 1. The summed E-state index contributed by atoms with van der Waals surface area (Å²) in [5.41, 5.74) is 7.33. The molecule has 0 saturated carbocycles. The van der Waals surface area contributed by atoms with Crippen molar-refractivity contribution in [1.29, 1.82) is 0 Å². The second-order valence-corrected chi connectivity index (χ2v) is 5.08. The molecule has 1 amide bonds. The molecule has 0 aliphatic carbocycles. The third-order valence-electron chi connectivity index (χ3n) is 3.28. The number of esters is 1. The lowest BCUT2D eigenvalue weighted by atomic mass is 10.1. The summed E-state index contributed by atoms with van der Waals surface area (Å²) in [6.07, 6.45) is 2.24. The van der Waals surface area contributed by atoms with Gasteiger partial charge in [-0.3, -0.25) is 4.79 Å². The van der Waals surface area contributed by atoms with E-state index < -0.39 is 12.1 Å². The highest BCUT2D eigenvalue weighted by Gasteiger charge is 2.20.